The number of likely N-dealkylation sites (N-methyl/N-ethyl adjacent to an activating group) is 1. The highest BCUT2D eigenvalue weighted by Gasteiger charge is 2.20. The highest BCUT2D eigenvalue weighted by atomic mass is 35.5. The highest BCUT2D eigenvalue weighted by molar-refractivity contribution is 6.31. The van der Waals surface area contributed by atoms with Crippen molar-refractivity contribution >= 4 is 17.6 Å². The summed E-state index contributed by atoms with van der Waals surface area (Å²) in [6.45, 7) is 2.19. The van der Waals surface area contributed by atoms with Crippen molar-refractivity contribution in [1.29, 1.82) is 0 Å². The third kappa shape index (κ3) is 3.68. The van der Waals surface area contributed by atoms with E-state index in [0.717, 1.165) is 5.56 Å². The predicted octanol–water partition coefficient (Wildman–Crippen LogP) is 2.77. The Morgan fingerprint density at radius 2 is 2.24 bits per heavy atom. The lowest BCUT2D eigenvalue weighted by atomic mass is 10.1. The fourth-order valence-electron chi connectivity index (χ4n) is 1.70. The molecule has 1 atom stereocenters. The number of hydrogen-bond donors (Lipinski definition) is 1. The SMILES string of the molecule is CCC(C(=O)O)N(C)Cc1ccc(F)cc1Cl. The van der Waals surface area contributed by atoms with E-state index in [4.69, 9.17) is 16.7 Å². The normalized spacial score (nSPS) is 12.8. The van der Waals surface area contributed by atoms with Gasteiger partial charge in [0.15, 0.2) is 0 Å². The van der Waals surface area contributed by atoms with Crippen LogP contribution in [-0.4, -0.2) is 29.1 Å². The van der Waals surface area contributed by atoms with Gasteiger partial charge >= 0.3 is 5.97 Å². The van der Waals surface area contributed by atoms with Crippen molar-refractivity contribution in [2.75, 3.05) is 7.05 Å². The Bertz CT molecular complexity index is 411. The average molecular weight is 260 g/mol. The van der Waals surface area contributed by atoms with Gasteiger partial charge in [0.2, 0.25) is 0 Å². The van der Waals surface area contributed by atoms with Crippen LogP contribution in [0.5, 0.6) is 0 Å². The topological polar surface area (TPSA) is 40.5 Å². The molecule has 1 rings (SSSR count). The zero-order chi connectivity index (χ0) is 13.0. The smallest absolute Gasteiger partial charge is 0.320 e. The molecule has 5 heteroatoms. The minimum atomic E-state index is -0.867. The first-order chi connectivity index (χ1) is 7.95. The molecule has 0 aromatic heterocycles. The molecule has 3 nitrogen and oxygen atoms in total. The minimum absolute atomic E-state index is 0.317. The molecule has 0 saturated heterocycles. The molecule has 0 aliphatic carbocycles. The molecule has 0 saturated carbocycles. The lowest BCUT2D eigenvalue weighted by Gasteiger charge is -2.23. The molecular formula is C12H15ClFNO2. The molecule has 0 spiro atoms. The van der Waals surface area contributed by atoms with E-state index in [0.29, 0.717) is 18.0 Å². The van der Waals surface area contributed by atoms with E-state index in [2.05, 4.69) is 0 Å². The van der Waals surface area contributed by atoms with Crippen LogP contribution in [-0.2, 0) is 11.3 Å². The number of benzene rings is 1. The van der Waals surface area contributed by atoms with E-state index < -0.39 is 17.8 Å². The Balaban J connectivity index is 2.79. The summed E-state index contributed by atoms with van der Waals surface area (Å²) < 4.78 is 12.8. The Morgan fingerprint density at radius 1 is 1.59 bits per heavy atom. The van der Waals surface area contributed by atoms with Crippen LogP contribution in [0.25, 0.3) is 0 Å². The summed E-state index contributed by atoms with van der Waals surface area (Å²) in [5, 5.41) is 9.32. The van der Waals surface area contributed by atoms with Crippen molar-refractivity contribution in [1.82, 2.24) is 4.90 Å². The van der Waals surface area contributed by atoms with Crippen LogP contribution < -0.4 is 0 Å². The first-order valence-corrected chi connectivity index (χ1v) is 5.70. The van der Waals surface area contributed by atoms with E-state index in [1.165, 1.54) is 12.1 Å². The number of rotatable bonds is 5. The molecule has 1 aromatic carbocycles. The largest absolute Gasteiger partial charge is 0.480 e. The Morgan fingerprint density at radius 3 is 2.71 bits per heavy atom. The third-order valence-electron chi connectivity index (χ3n) is 2.64. The zero-order valence-corrected chi connectivity index (χ0v) is 10.5. The molecule has 0 amide bonds. The molecule has 0 aliphatic rings. The number of halogens is 2. The summed E-state index contributed by atoms with van der Waals surface area (Å²) in [5.41, 5.74) is 0.718. The lowest BCUT2D eigenvalue weighted by Crippen LogP contribution is -2.37. The molecule has 1 unspecified atom stereocenters. The molecule has 0 heterocycles. The van der Waals surface area contributed by atoms with Gasteiger partial charge in [0, 0.05) is 11.6 Å². The lowest BCUT2D eigenvalue weighted by molar-refractivity contribution is -0.143. The molecule has 0 aliphatic heterocycles. The van der Waals surface area contributed by atoms with Gasteiger partial charge in [0.25, 0.3) is 0 Å². The van der Waals surface area contributed by atoms with Gasteiger partial charge < -0.3 is 5.11 Å². The monoisotopic (exact) mass is 259 g/mol. The van der Waals surface area contributed by atoms with Gasteiger partial charge in [-0.3, -0.25) is 9.69 Å². The van der Waals surface area contributed by atoms with Gasteiger partial charge in [-0.05, 0) is 31.2 Å². The van der Waals surface area contributed by atoms with E-state index in [1.807, 2.05) is 6.92 Å². The standard InChI is InChI=1S/C12H15ClFNO2/c1-3-11(12(16)17)15(2)7-8-4-5-9(14)6-10(8)13/h4-6,11H,3,7H2,1-2H3,(H,16,17). The van der Waals surface area contributed by atoms with Gasteiger partial charge in [0.05, 0.1) is 0 Å². The second-order valence-electron chi connectivity index (χ2n) is 3.91. The van der Waals surface area contributed by atoms with Crippen LogP contribution >= 0.6 is 11.6 Å². The maximum Gasteiger partial charge on any atom is 0.320 e. The van der Waals surface area contributed by atoms with Crippen LogP contribution in [0.4, 0.5) is 4.39 Å². The summed E-state index contributed by atoms with van der Waals surface area (Å²) in [7, 11) is 1.71. The van der Waals surface area contributed by atoms with Gasteiger partial charge in [-0.25, -0.2) is 4.39 Å². The number of aliphatic carboxylic acids is 1. The van der Waals surface area contributed by atoms with Gasteiger partial charge in [-0.1, -0.05) is 24.6 Å². The highest BCUT2D eigenvalue weighted by Crippen LogP contribution is 2.19. The first-order valence-electron chi connectivity index (χ1n) is 5.32. The van der Waals surface area contributed by atoms with Crippen molar-refractivity contribution < 1.29 is 14.3 Å². The van der Waals surface area contributed by atoms with Gasteiger partial charge in [-0.15, -0.1) is 0 Å². The van der Waals surface area contributed by atoms with Crippen LogP contribution in [0.1, 0.15) is 18.9 Å². The number of nitrogens with zero attached hydrogens (tertiary/aromatic N) is 1. The summed E-state index contributed by atoms with van der Waals surface area (Å²) in [5.74, 6) is -1.26. The summed E-state index contributed by atoms with van der Waals surface area (Å²) >= 11 is 5.89. The van der Waals surface area contributed by atoms with Gasteiger partial charge in [0.1, 0.15) is 11.9 Å². The Hall–Kier alpha value is -1.13. The fraction of sp³-hybridized carbons (Fsp3) is 0.417. The maximum atomic E-state index is 12.8. The van der Waals surface area contributed by atoms with Crippen LogP contribution in [0.15, 0.2) is 18.2 Å². The second-order valence-corrected chi connectivity index (χ2v) is 4.32. The Labute approximate surface area is 105 Å². The summed E-state index contributed by atoms with van der Waals surface area (Å²) in [6, 6.07) is 3.56. The molecule has 1 aromatic rings. The maximum absolute atomic E-state index is 12.8. The molecule has 0 bridgehead atoms. The number of hydrogen-bond acceptors (Lipinski definition) is 2. The predicted molar refractivity (Wildman–Crippen MR) is 64.6 cm³/mol. The quantitative estimate of drug-likeness (QED) is 0.884. The van der Waals surface area contributed by atoms with E-state index >= 15 is 0 Å². The summed E-state index contributed by atoms with van der Waals surface area (Å²) in [6.07, 6.45) is 0.505. The van der Waals surface area contributed by atoms with Crippen molar-refractivity contribution in [2.24, 2.45) is 0 Å². The fourth-order valence-corrected chi connectivity index (χ4v) is 1.93. The molecule has 0 radical (unpaired) electrons. The van der Waals surface area contributed by atoms with Crippen molar-refractivity contribution in [2.45, 2.75) is 25.9 Å². The molecule has 0 fully saturated rings. The molecular weight excluding hydrogens is 245 g/mol. The molecule has 17 heavy (non-hydrogen) atoms. The molecule has 1 N–H and O–H groups in total. The summed E-state index contributed by atoms with van der Waals surface area (Å²) in [4.78, 5) is 12.6. The second kappa shape index (κ2) is 5.98. The Kier molecular flexibility index (Phi) is 4.90. The number of carbonyl (C=O) groups is 1. The van der Waals surface area contributed by atoms with E-state index in [9.17, 15) is 9.18 Å². The van der Waals surface area contributed by atoms with Crippen molar-refractivity contribution in [3.8, 4) is 0 Å². The van der Waals surface area contributed by atoms with Crippen LogP contribution in [0, 0.1) is 5.82 Å². The van der Waals surface area contributed by atoms with Gasteiger partial charge in [-0.2, -0.15) is 0 Å². The van der Waals surface area contributed by atoms with Crippen LogP contribution in [0.3, 0.4) is 0 Å². The number of carboxylic acid groups (broad SMARTS) is 1. The van der Waals surface area contributed by atoms with E-state index in [1.54, 1.807) is 18.0 Å². The zero-order valence-electron chi connectivity index (χ0n) is 9.78. The van der Waals surface area contributed by atoms with Crippen LogP contribution in [0.2, 0.25) is 5.02 Å². The van der Waals surface area contributed by atoms with Crippen molar-refractivity contribution in [3.63, 3.8) is 0 Å². The van der Waals surface area contributed by atoms with E-state index in [-0.39, 0.29) is 0 Å². The average Bonchev–Trinajstić information content (AvgIpc) is 2.22. The third-order valence-corrected chi connectivity index (χ3v) is 2.99. The molecule has 94 valence electrons. The number of carboxylic acids is 1. The van der Waals surface area contributed by atoms with Crippen molar-refractivity contribution in [3.05, 3.63) is 34.6 Å². The minimum Gasteiger partial charge on any atom is -0.480 e. The first kappa shape index (κ1) is 13.9.